The SMILES string of the molecule is O=C(O)CN1C(=O)C(=CC=Cc2ccc(C(=O)O)cc2)SC1=S. The van der Waals surface area contributed by atoms with Crippen LogP contribution in [-0.4, -0.2) is 43.8 Å². The van der Waals surface area contributed by atoms with Gasteiger partial charge in [-0.3, -0.25) is 14.5 Å². The van der Waals surface area contributed by atoms with Crippen molar-refractivity contribution in [3.63, 3.8) is 0 Å². The first-order valence-electron chi connectivity index (χ1n) is 6.35. The molecule has 0 unspecified atom stereocenters. The molecule has 0 radical (unpaired) electrons. The number of carboxylic acids is 2. The average molecular weight is 349 g/mol. The summed E-state index contributed by atoms with van der Waals surface area (Å²) in [5.41, 5.74) is 0.962. The summed E-state index contributed by atoms with van der Waals surface area (Å²) < 4.78 is 0.211. The Labute approximate surface area is 141 Å². The van der Waals surface area contributed by atoms with E-state index in [1.54, 1.807) is 30.4 Å². The quantitative estimate of drug-likeness (QED) is 0.622. The van der Waals surface area contributed by atoms with E-state index >= 15 is 0 Å². The number of aliphatic carboxylic acids is 1. The minimum atomic E-state index is -1.13. The fraction of sp³-hybridized carbons (Fsp3) is 0.0667. The Hall–Kier alpha value is -2.45. The maximum absolute atomic E-state index is 12.0. The first kappa shape index (κ1) is 16.9. The molecule has 0 atom stereocenters. The van der Waals surface area contributed by atoms with Crippen LogP contribution in [0.4, 0.5) is 0 Å². The van der Waals surface area contributed by atoms with Gasteiger partial charge >= 0.3 is 11.9 Å². The predicted molar refractivity (Wildman–Crippen MR) is 90.1 cm³/mol. The van der Waals surface area contributed by atoms with Gasteiger partial charge in [-0.25, -0.2) is 4.79 Å². The highest BCUT2D eigenvalue weighted by Gasteiger charge is 2.32. The molecular formula is C15H11NO5S2. The minimum Gasteiger partial charge on any atom is -0.480 e. The first-order chi connectivity index (χ1) is 10.9. The number of rotatable bonds is 5. The number of amides is 1. The molecular weight excluding hydrogens is 338 g/mol. The highest BCUT2D eigenvalue weighted by Crippen LogP contribution is 2.30. The molecule has 0 saturated carbocycles. The Morgan fingerprint density at radius 3 is 2.43 bits per heavy atom. The van der Waals surface area contributed by atoms with Gasteiger partial charge in [0, 0.05) is 0 Å². The first-order valence-corrected chi connectivity index (χ1v) is 7.58. The number of hydrogen-bond donors (Lipinski definition) is 2. The smallest absolute Gasteiger partial charge is 0.335 e. The highest BCUT2D eigenvalue weighted by atomic mass is 32.2. The number of carbonyl (C=O) groups excluding carboxylic acids is 1. The summed E-state index contributed by atoms with van der Waals surface area (Å²) in [5, 5.41) is 17.6. The number of aromatic carboxylic acids is 1. The number of nitrogens with zero attached hydrogens (tertiary/aromatic N) is 1. The van der Waals surface area contributed by atoms with Crippen molar-refractivity contribution < 1.29 is 24.6 Å². The van der Waals surface area contributed by atoms with Crippen LogP contribution in [0.1, 0.15) is 15.9 Å². The van der Waals surface area contributed by atoms with Gasteiger partial charge in [0.05, 0.1) is 10.5 Å². The van der Waals surface area contributed by atoms with E-state index in [4.69, 9.17) is 22.4 Å². The second kappa shape index (κ2) is 7.21. The molecule has 6 nitrogen and oxygen atoms in total. The Kier molecular flexibility index (Phi) is 5.30. The van der Waals surface area contributed by atoms with Crippen LogP contribution < -0.4 is 0 Å². The zero-order valence-electron chi connectivity index (χ0n) is 11.6. The number of thiocarbonyl (C=S) groups is 1. The van der Waals surface area contributed by atoms with Crippen LogP contribution >= 0.6 is 24.0 Å². The van der Waals surface area contributed by atoms with Crippen LogP contribution in [0.2, 0.25) is 0 Å². The molecule has 118 valence electrons. The van der Waals surface area contributed by atoms with Crippen LogP contribution in [0.5, 0.6) is 0 Å². The normalized spacial score (nSPS) is 16.5. The lowest BCUT2D eigenvalue weighted by Crippen LogP contribution is -2.33. The van der Waals surface area contributed by atoms with E-state index in [1.807, 2.05) is 0 Å². The molecule has 8 heteroatoms. The highest BCUT2D eigenvalue weighted by molar-refractivity contribution is 8.26. The van der Waals surface area contributed by atoms with Crippen molar-refractivity contribution in [3.8, 4) is 0 Å². The summed E-state index contributed by atoms with van der Waals surface area (Å²) in [4.78, 5) is 34.8. The van der Waals surface area contributed by atoms with Crippen molar-refractivity contribution in [2.24, 2.45) is 0 Å². The fourth-order valence-electron chi connectivity index (χ4n) is 1.77. The molecule has 1 aliphatic heterocycles. The third-order valence-electron chi connectivity index (χ3n) is 2.86. The molecule has 0 aromatic heterocycles. The van der Waals surface area contributed by atoms with Gasteiger partial charge in [-0.2, -0.15) is 0 Å². The lowest BCUT2D eigenvalue weighted by Gasteiger charge is -2.09. The van der Waals surface area contributed by atoms with Crippen LogP contribution in [0, 0.1) is 0 Å². The molecule has 1 aliphatic rings. The summed E-state index contributed by atoms with van der Waals surface area (Å²) in [6.45, 7) is -0.456. The Morgan fingerprint density at radius 1 is 1.22 bits per heavy atom. The van der Waals surface area contributed by atoms with Gasteiger partial charge in [0.15, 0.2) is 0 Å². The monoisotopic (exact) mass is 349 g/mol. The third-order valence-corrected chi connectivity index (χ3v) is 4.26. The van der Waals surface area contributed by atoms with Gasteiger partial charge in [-0.1, -0.05) is 48.3 Å². The number of allylic oxidation sites excluding steroid dienone is 2. The molecule has 1 aromatic carbocycles. The van der Waals surface area contributed by atoms with E-state index < -0.39 is 24.4 Å². The van der Waals surface area contributed by atoms with Gasteiger partial charge in [0.25, 0.3) is 5.91 Å². The molecule has 0 spiro atoms. The topological polar surface area (TPSA) is 94.9 Å². The van der Waals surface area contributed by atoms with E-state index in [1.165, 1.54) is 12.1 Å². The Balaban J connectivity index is 2.08. The standard InChI is InChI=1S/C15H11NO5S2/c17-12(18)8-16-13(19)11(23-15(16)22)3-1-2-9-4-6-10(7-5-9)14(20)21/h1-7H,8H2,(H,17,18)(H,20,21). The molecule has 2 N–H and O–H groups in total. The largest absolute Gasteiger partial charge is 0.480 e. The zero-order chi connectivity index (χ0) is 17.0. The third kappa shape index (κ3) is 4.27. The molecule has 1 aromatic rings. The van der Waals surface area contributed by atoms with Crippen molar-refractivity contribution in [3.05, 3.63) is 52.4 Å². The Bertz CT molecular complexity index is 737. The maximum atomic E-state index is 12.0. The van der Waals surface area contributed by atoms with Crippen molar-refractivity contribution in [2.45, 2.75) is 0 Å². The summed E-state index contributed by atoms with van der Waals surface area (Å²) in [5.74, 6) is -2.56. The molecule has 1 saturated heterocycles. The summed E-state index contributed by atoms with van der Waals surface area (Å²) in [7, 11) is 0. The van der Waals surface area contributed by atoms with E-state index in [9.17, 15) is 14.4 Å². The van der Waals surface area contributed by atoms with Crippen LogP contribution in [0.25, 0.3) is 6.08 Å². The number of benzene rings is 1. The Morgan fingerprint density at radius 2 is 1.87 bits per heavy atom. The summed E-state index contributed by atoms with van der Waals surface area (Å²) in [6.07, 6.45) is 4.88. The molecule has 0 bridgehead atoms. The second-order valence-corrected chi connectivity index (χ2v) is 6.15. The predicted octanol–water partition coefficient (Wildman–Crippen LogP) is 2.23. The van der Waals surface area contributed by atoms with Crippen molar-refractivity contribution in [2.75, 3.05) is 6.54 Å². The zero-order valence-corrected chi connectivity index (χ0v) is 13.3. The van der Waals surface area contributed by atoms with Crippen molar-refractivity contribution in [1.29, 1.82) is 0 Å². The molecule has 0 aliphatic carbocycles. The fourth-order valence-corrected chi connectivity index (χ4v) is 2.98. The van der Waals surface area contributed by atoms with Gasteiger partial charge in [0.2, 0.25) is 0 Å². The van der Waals surface area contributed by atoms with E-state index in [0.717, 1.165) is 22.2 Å². The van der Waals surface area contributed by atoms with Gasteiger partial charge in [0.1, 0.15) is 10.9 Å². The summed E-state index contributed by atoms with van der Waals surface area (Å²) >= 11 is 6.02. The van der Waals surface area contributed by atoms with Gasteiger partial charge in [-0.05, 0) is 23.8 Å². The lowest BCUT2D eigenvalue weighted by atomic mass is 10.1. The van der Waals surface area contributed by atoms with Crippen molar-refractivity contribution >= 4 is 52.2 Å². The molecule has 1 heterocycles. The minimum absolute atomic E-state index is 0.191. The van der Waals surface area contributed by atoms with Crippen LogP contribution in [-0.2, 0) is 9.59 Å². The van der Waals surface area contributed by atoms with Crippen LogP contribution in [0.3, 0.4) is 0 Å². The van der Waals surface area contributed by atoms with Crippen LogP contribution in [0.15, 0.2) is 41.3 Å². The molecule has 23 heavy (non-hydrogen) atoms. The maximum Gasteiger partial charge on any atom is 0.335 e. The number of thioether (sulfide) groups is 1. The van der Waals surface area contributed by atoms with E-state index in [0.29, 0.717) is 4.91 Å². The molecule has 2 rings (SSSR count). The molecule has 1 fully saturated rings. The van der Waals surface area contributed by atoms with Crippen molar-refractivity contribution in [1.82, 2.24) is 4.90 Å². The second-order valence-electron chi connectivity index (χ2n) is 4.47. The molecule has 1 amide bonds. The van der Waals surface area contributed by atoms with Gasteiger partial charge < -0.3 is 10.2 Å². The lowest BCUT2D eigenvalue weighted by molar-refractivity contribution is -0.140. The summed E-state index contributed by atoms with van der Waals surface area (Å²) in [6, 6.07) is 6.25. The average Bonchev–Trinajstić information content (AvgIpc) is 2.75. The number of carboxylic acid groups (broad SMARTS) is 2. The van der Waals surface area contributed by atoms with Gasteiger partial charge in [-0.15, -0.1) is 0 Å². The van der Waals surface area contributed by atoms with E-state index in [-0.39, 0.29) is 9.88 Å². The number of hydrogen-bond acceptors (Lipinski definition) is 5. The number of carbonyl (C=O) groups is 3. The van der Waals surface area contributed by atoms with E-state index in [2.05, 4.69) is 0 Å².